The molecule has 2 N–H and O–H groups in total. The van der Waals surface area contributed by atoms with Crippen LogP contribution in [0, 0.1) is 17.8 Å². The van der Waals surface area contributed by atoms with Gasteiger partial charge in [0, 0.05) is 48.7 Å². The van der Waals surface area contributed by atoms with E-state index in [0.717, 1.165) is 37.8 Å². The highest BCUT2D eigenvalue weighted by molar-refractivity contribution is 7.91. The van der Waals surface area contributed by atoms with Gasteiger partial charge in [-0.25, -0.2) is 21.6 Å². The highest BCUT2D eigenvalue weighted by Gasteiger charge is 2.49. The van der Waals surface area contributed by atoms with Crippen LogP contribution >= 0.6 is 11.6 Å². The van der Waals surface area contributed by atoms with E-state index in [1.54, 1.807) is 25.1 Å². The van der Waals surface area contributed by atoms with Gasteiger partial charge in [0.05, 0.1) is 34.7 Å². The lowest BCUT2D eigenvalue weighted by Crippen LogP contribution is -2.58. The second-order valence-electron chi connectivity index (χ2n) is 15.8. The van der Waals surface area contributed by atoms with Gasteiger partial charge in [0.15, 0.2) is 9.84 Å². The SMILES string of the molecule is C[C@@H]1[C@@H](C)CCC[C@@](O)(CN2CCS(=O)(=O)CC2)[C@@H]2CC[C@H]2CN2C[C@@]3(CCCc4cc(Cl)ccc43)COc3ccc(cc32)C(=O)NS1(=O)=O. The third-order valence-corrected chi connectivity index (χ3v) is 16.3. The number of sulfonamides is 1. The second-order valence-corrected chi connectivity index (χ2v) is 20.6. The molecule has 0 radical (unpaired) electrons. The number of carbonyl (C=O) groups is 1. The first-order valence-electron chi connectivity index (χ1n) is 18.2. The zero-order chi connectivity index (χ0) is 35.5. The molecule has 3 aliphatic heterocycles. The fraction of sp³-hybridized carbons (Fsp3) is 0.649. The summed E-state index contributed by atoms with van der Waals surface area (Å²) in [7, 11) is -7.06. The third kappa shape index (κ3) is 7.04. The molecule has 6 atom stereocenters. The fourth-order valence-corrected chi connectivity index (χ4v) is 12.0. The number of hydrogen-bond donors (Lipinski definition) is 2. The summed E-state index contributed by atoms with van der Waals surface area (Å²) in [5, 5.41) is 12.5. The Morgan fingerprint density at radius 2 is 1.78 bits per heavy atom. The Balaban J connectivity index is 1.28. The number of nitrogens with one attached hydrogen (secondary N) is 1. The van der Waals surface area contributed by atoms with Crippen molar-refractivity contribution in [3.05, 3.63) is 58.1 Å². The number of carbonyl (C=O) groups excluding carboxylic acids is 1. The molecule has 0 aromatic heterocycles. The maximum Gasteiger partial charge on any atom is 0.264 e. The van der Waals surface area contributed by atoms with Crippen LogP contribution in [0.25, 0.3) is 0 Å². The van der Waals surface area contributed by atoms with E-state index in [0.29, 0.717) is 69.4 Å². The molecule has 1 saturated carbocycles. The summed E-state index contributed by atoms with van der Waals surface area (Å²) >= 11 is 6.45. The number of benzene rings is 2. The summed E-state index contributed by atoms with van der Waals surface area (Å²) in [6.45, 7) is 6.44. The van der Waals surface area contributed by atoms with Gasteiger partial charge in [0.1, 0.15) is 5.75 Å². The van der Waals surface area contributed by atoms with Gasteiger partial charge in [0.2, 0.25) is 10.0 Å². The van der Waals surface area contributed by atoms with Crippen molar-refractivity contribution < 1.29 is 31.5 Å². The van der Waals surface area contributed by atoms with Gasteiger partial charge in [-0.15, -0.1) is 0 Å². The van der Waals surface area contributed by atoms with Crippen molar-refractivity contribution in [2.45, 2.75) is 81.5 Å². The van der Waals surface area contributed by atoms with Gasteiger partial charge < -0.3 is 14.7 Å². The van der Waals surface area contributed by atoms with E-state index < -0.39 is 36.6 Å². The Bertz CT molecular complexity index is 1840. The van der Waals surface area contributed by atoms with Gasteiger partial charge in [-0.1, -0.05) is 31.0 Å². The van der Waals surface area contributed by atoms with Crippen molar-refractivity contribution in [3.63, 3.8) is 0 Å². The summed E-state index contributed by atoms with van der Waals surface area (Å²) in [6, 6.07) is 11.3. The van der Waals surface area contributed by atoms with Gasteiger partial charge in [-0.3, -0.25) is 9.69 Å². The highest BCUT2D eigenvalue weighted by Crippen LogP contribution is 2.49. The molecule has 1 amide bonds. The summed E-state index contributed by atoms with van der Waals surface area (Å²) in [5.74, 6) is 0.0644. The summed E-state index contributed by atoms with van der Waals surface area (Å²) in [5.41, 5.74) is 2.06. The monoisotopic (exact) mass is 747 g/mol. The number of nitrogens with zero attached hydrogens (tertiary/aromatic N) is 2. The summed E-state index contributed by atoms with van der Waals surface area (Å²) in [4.78, 5) is 18.0. The van der Waals surface area contributed by atoms with Crippen LogP contribution in [0.4, 0.5) is 5.69 Å². The maximum absolute atomic E-state index is 13.5. The normalized spacial score (nSPS) is 34.3. The lowest BCUT2D eigenvalue weighted by molar-refractivity contribution is -0.105. The average molecular weight is 748 g/mol. The molecular formula is C37H50ClN3O7S2. The van der Waals surface area contributed by atoms with Crippen molar-refractivity contribution in [1.29, 1.82) is 0 Å². The molecule has 2 aromatic carbocycles. The zero-order valence-corrected chi connectivity index (χ0v) is 31.5. The Kier molecular flexibility index (Phi) is 9.76. The first kappa shape index (κ1) is 36.0. The lowest BCUT2D eigenvalue weighted by atomic mass is 9.62. The van der Waals surface area contributed by atoms with Crippen LogP contribution in [0.3, 0.4) is 0 Å². The molecule has 274 valence electrons. The molecule has 10 nitrogen and oxygen atoms in total. The number of hydrogen-bond acceptors (Lipinski definition) is 9. The Hall–Kier alpha value is -2.38. The van der Waals surface area contributed by atoms with Crippen molar-refractivity contribution in [2.24, 2.45) is 17.8 Å². The van der Waals surface area contributed by atoms with E-state index in [4.69, 9.17) is 16.3 Å². The number of halogens is 1. The minimum atomic E-state index is -3.99. The van der Waals surface area contributed by atoms with E-state index in [9.17, 15) is 26.7 Å². The molecule has 1 saturated heterocycles. The molecule has 1 spiro atoms. The number of amides is 1. The third-order valence-electron chi connectivity index (χ3n) is 12.6. The molecule has 0 unspecified atom stereocenters. The number of ether oxygens (including phenoxy) is 1. The van der Waals surface area contributed by atoms with Gasteiger partial charge in [-0.05, 0) is 111 Å². The van der Waals surface area contributed by atoms with Crippen LogP contribution in [0.2, 0.25) is 5.02 Å². The predicted octanol–water partition coefficient (Wildman–Crippen LogP) is 4.57. The van der Waals surface area contributed by atoms with Gasteiger partial charge in [0.25, 0.3) is 5.91 Å². The smallest absolute Gasteiger partial charge is 0.264 e. The molecular weight excluding hydrogens is 698 g/mol. The largest absolute Gasteiger partial charge is 0.490 e. The number of rotatable bonds is 2. The van der Waals surface area contributed by atoms with Crippen LogP contribution in [-0.4, -0.2) is 94.4 Å². The number of anilines is 1. The van der Waals surface area contributed by atoms with E-state index in [1.807, 2.05) is 13.0 Å². The molecule has 2 fully saturated rings. The second kappa shape index (κ2) is 13.5. The van der Waals surface area contributed by atoms with Gasteiger partial charge in [-0.2, -0.15) is 0 Å². The number of fused-ring (bicyclic) bond motifs is 4. The minimum absolute atomic E-state index is 0.0158. The number of aryl methyl sites for hydroxylation is 1. The summed E-state index contributed by atoms with van der Waals surface area (Å²) in [6.07, 6.45) is 6.32. The van der Waals surface area contributed by atoms with E-state index >= 15 is 0 Å². The summed E-state index contributed by atoms with van der Waals surface area (Å²) < 4.78 is 60.4. The average Bonchev–Trinajstić information content (AvgIpc) is 3.19. The molecule has 2 aliphatic carbocycles. The van der Waals surface area contributed by atoms with Crippen molar-refractivity contribution in [3.8, 4) is 5.75 Å². The van der Waals surface area contributed by atoms with Crippen LogP contribution in [0.15, 0.2) is 36.4 Å². The van der Waals surface area contributed by atoms with Crippen molar-refractivity contribution in [1.82, 2.24) is 9.62 Å². The van der Waals surface area contributed by atoms with E-state index in [-0.39, 0.29) is 40.2 Å². The predicted molar refractivity (Wildman–Crippen MR) is 195 cm³/mol. The Labute approximate surface area is 301 Å². The van der Waals surface area contributed by atoms with Crippen LogP contribution in [0.1, 0.15) is 80.3 Å². The van der Waals surface area contributed by atoms with Crippen LogP contribution in [0.5, 0.6) is 5.75 Å². The van der Waals surface area contributed by atoms with E-state index in [1.165, 1.54) is 11.1 Å². The van der Waals surface area contributed by atoms with Crippen molar-refractivity contribution >= 4 is 43.1 Å². The Morgan fingerprint density at radius 3 is 2.52 bits per heavy atom. The van der Waals surface area contributed by atoms with Gasteiger partial charge >= 0.3 is 0 Å². The standard InChI is InChI=1S/C37H50ClN3O7S2/c1-25-5-3-14-37(43,23-40-15-17-49(44,45)18-16-40)32-10-7-29(32)21-41-22-36(13-4-6-27-19-30(38)9-11-31(27)36)24-48-34-12-8-28(20-33(34)41)35(42)39-50(46,47)26(25)2/h8-9,11-12,19-20,25-26,29,32,43H,3-7,10,13-18,21-24H2,1-2H3,(H,39,42)/t25-,26+,29-,32+,36-,37+/m0/s1. The first-order chi connectivity index (χ1) is 23.7. The Morgan fingerprint density at radius 1 is 1.00 bits per heavy atom. The van der Waals surface area contributed by atoms with Crippen LogP contribution in [-0.2, 0) is 31.7 Å². The zero-order valence-electron chi connectivity index (χ0n) is 29.1. The minimum Gasteiger partial charge on any atom is -0.490 e. The molecule has 13 heteroatoms. The topological polar surface area (TPSA) is 133 Å². The number of β-amino-alcohol motifs (C(OH)–C–C–N with tert-alkyl or cyclic N) is 1. The van der Waals surface area contributed by atoms with E-state index in [2.05, 4.69) is 26.7 Å². The fourth-order valence-electron chi connectivity index (χ4n) is 9.26. The highest BCUT2D eigenvalue weighted by atomic mass is 35.5. The number of sulfone groups is 1. The molecule has 7 rings (SSSR count). The van der Waals surface area contributed by atoms with Crippen molar-refractivity contribution in [2.75, 3.05) is 55.7 Å². The molecule has 3 heterocycles. The first-order valence-corrected chi connectivity index (χ1v) is 21.9. The quantitative estimate of drug-likeness (QED) is 0.454. The van der Waals surface area contributed by atoms with Crippen LogP contribution < -0.4 is 14.4 Å². The molecule has 50 heavy (non-hydrogen) atoms. The number of aliphatic hydroxyl groups is 1. The lowest BCUT2D eigenvalue weighted by Gasteiger charge is -2.51. The molecule has 2 aromatic rings. The molecule has 5 aliphatic rings. The molecule has 2 bridgehead atoms. The maximum atomic E-state index is 13.5.